The molecule has 0 aromatic heterocycles. The van der Waals surface area contributed by atoms with Gasteiger partial charge in [0.05, 0.1) is 6.61 Å². The van der Waals surface area contributed by atoms with Crippen LogP contribution in [0.25, 0.3) is 5.57 Å². The Morgan fingerprint density at radius 3 is 2.62 bits per heavy atom. The molecule has 1 atom stereocenters. The number of epoxide rings is 1. The molecule has 0 radical (unpaired) electrons. The van der Waals surface area contributed by atoms with E-state index in [0.29, 0.717) is 0 Å². The standard InChI is InChI=1S/C12H14O/c1-8-4-5-11(6-9(8)2)10(3)12-7-13-12/h4-6,12H,3,7H2,1-2H3. The number of ether oxygens (including phenoxy) is 1. The van der Waals surface area contributed by atoms with Crippen LogP contribution in [0, 0.1) is 13.8 Å². The van der Waals surface area contributed by atoms with E-state index in [1.165, 1.54) is 16.7 Å². The van der Waals surface area contributed by atoms with E-state index in [0.717, 1.165) is 12.2 Å². The summed E-state index contributed by atoms with van der Waals surface area (Å²) in [4.78, 5) is 0. The second-order valence-corrected chi connectivity index (χ2v) is 3.65. The number of aryl methyl sites for hydroxylation is 2. The molecule has 1 aromatic carbocycles. The Hall–Kier alpha value is -1.08. The normalized spacial score (nSPS) is 20.0. The van der Waals surface area contributed by atoms with Crippen molar-refractivity contribution in [3.63, 3.8) is 0 Å². The van der Waals surface area contributed by atoms with Crippen molar-refractivity contribution in [1.29, 1.82) is 0 Å². The van der Waals surface area contributed by atoms with E-state index in [4.69, 9.17) is 4.74 Å². The van der Waals surface area contributed by atoms with E-state index < -0.39 is 0 Å². The van der Waals surface area contributed by atoms with Gasteiger partial charge >= 0.3 is 0 Å². The van der Waals surface area contributed by atoms with Gasteiger partial charge in [-0.2, -0.15) is 0 Å². The molecule has 1 nitrogen and oxygen atoms in total. The molecule has 1 aliphatic rings. The van der Waals surface area contributed by atoms with Crippen LogP contribution in [-0.4, -0.2) is 12.7 Å². The van der Waals surface area contributed by atoms with Crippen LogP contribution in [0.3, 0.4) is 0 Å². The maximum Gasteiger partial charge on any atom is 0.106 e. The van der Waals surface area contributed by atoms with E-state index >= 15 is 0 Å². The van der Waals surface area contributed by atoms with E-state index in [1.807, 2.05) is 0 Å². The van der Waals surface area contributed by atoms with Gasteiger partial charge in [-0.25, -0.2) is 0 Å². The van der Waals surface area contributed by atoms with E-state index in [9.17, 15) is 0 Å². The lowest BCUT2D eigenvalue weighted by Gasteiger charge is -2.05. The summed E-state index contributed by atoms with van der Waals surface area (Å²) in [5.74, 6) is 0. The van der Waals surface area contributed by atoms with Gasteiger partial charge < -0.3 is 4.74 Å². The molecule has 1 fully saturated rings. The lowest BCUT2D eigenvalue weighted by Crippen LogP contribution is -1.92. The van der Waals surface area contributed by atoms with Gasteiger partial charge in [-0.05, 0) is 36.1 Å². The van der Waals surface area contributed by atoms with E-state index in [-0.39, 0.29) is 6.10 Å². The third-order valence-corrected chi connectivity index (χ3v) is 2.60. The summed E-state index contributed by atoms with van der Waals surface area (Å²) in [5, 5.41) is 0. The predicted octanol–water partition coefficient (Wildman–Crippen LogP) is 2.72. The predicted molar refractivity (Wildman–Crippen MR) is 54.7 cm³/mol. The smallest absolute Gasteiger partial charge is 0.106 e. The minimum Gasteiger partial charge on any atom is -0.368 e. The Bertz CT molecular complexity index is 348. The van der Waals surface area contributed by atoms with Crippen molar-refractivity contribution in [3.05, 3.63) is 41.5 Å². The van der Waals surface area contributed by atoms with E-state index in [2.05, 4.69) is 38.6 Å². The van der Waals surface area contributed by atoms with Crippen molar-refractivity contribution in [2.24, 2.45) is 0 Å². The molecule has 1 unspecified atom stereocenters. The first-order chi connectivity index (χ1) is 6.18. The van der Waals surface area contributed by atoms with Gasteiger partial charge in [0.1, 0.15) is 6.10 Å². The van der Waals surface area contributed by atoms with Crippen molar-refractivity contribution in [3.8, 4) is 0 Å². The zero-order valence-corrected chi connectivity index (χ0v) is 8.13. The molecule has 0 saturated carbocycles. The van der Waals surface area contributed by atoms with Gasteiger partial charge in [0.2, 0.25) is 0 Å². The van der Waals surface area contributed by atoms with Crippen molar-refractivity contribution in [2.45, 2.75) is 20.0 Å². The molecule has 1 aromatic rings. The summed E-state index contributed by atoms with van der Waals surface area (Å²) < 4.78 is 5.20. The van der Waals surface area contributed by atoms with Gasteiger partial charge in [-0.3, -0.25) is 0 Å². The summed E-state index contributed by atoms with van der Waals surface area (Å²) in [6.07, 6.45) is 0.280. The van der Waals surface area contributed by atoms with Gasteiger partial charge in [-0.1, -0.05) is 24.8 Å². The fourth-order valence-electron chi connectivity index (χ4n) is 1.38. The Morgan fingerprint density at radius 1 is 1.38 bits per heavy atom. The minimum atomic E-state index is 0.280. The second-order valence-electron chi connectivity index (χ2n) is 3.65. The Balaban J connectivity index is 2.30. The summed E-state index contributed by atoms with van der Waals surface area (Å²) >= 11 is 0. The van der Waals surface area contributed by atoms with Crippen molar-refractivity contribution < 1.29 is 4.74 Å². The number of benzene rings is 1. The highest BCUT2D eigenvalue weighted by molar-refractivity contribution is 5.69. The Kier molecular flexibility index (Phi) is 1.97. The molecule has 2 rings (SSSR count). The van der Waals surface area contributed by atoms with Crippen LogP contribution in [0.2, 0.25) is 0 Å². The third kappa shape index (κ3) is 1.65. The average molecular weight is 174 g/mol. The van der Waals surface area contributed by atoms with Crippen LogP contribution in [0.1, 0.15) is 16.7 Å². The highest BCUT2D eigenvalue weighted by atomic mass is 16.6. The van der Waals surface area contributed by atoms with Crippen LogP contribution < -0.4 is 0 Å². The van der Waals surface area contributed by atoms with Crippen LogP contribution >= 0.6 is 0 Å². The first-order valence-corrected chi connectivity index (χ1v) is 4.56. The maximum atomic E-state index is 5.20. The SMILES string of the molecule is C=C(c1ccc(C)c(C)c1)C1CO1. The highest BCUT2D eigenvalue weighted by Crippen LogP contribution is 2.27. The lowest BCUT2D eigenvalue weighted by atomic mass is 10.00. The fraction of sp³-hybridized carbons (Fsp3) is 0.333. The van der Waals surface area contributed by atoms with Gasteiger partial charge in [0.15, 0.2) is 0 Å². The highest BCUT2D eigenvalue weighted by Gasteiger charge is 2.26. The van der Waals surface area contributed by atoms with Gasteiger partial charge in [0.25, 0.3) is 0 Å². The van der Waals surface area contributed by atoms with Crippen molar-refractivity contribution in [2.75, 3.05) is 6.61 Å². The minimum absolute atomic E-state index is 0.280. The van der Waals surface area contributed by atoms with Crippen LogP contribution in [0.15, 0.2) is 24.8 Å². The summed E-state index contributed by atoms with van der Waals surface area (Å²) in [6.45, 7) is 9.12. The first kappa shape index (κ1) is 8.52. The third-order valence-electron chi connectivity index (χ3n) is 2.60. The molecule has 0 N–H and O–H groups in total. The summed E-state index contributed by atoms with van der Waals surface area (Å²) in [7, 11) is 0. The lowest BCUT2D eigenvalue weighted by molar-refractivity contribution is 0.445. The number of hydrogen-bond donors (Lipinski definition) is 0. The van der Waals surface area contributed by atoms with Crippen molar-refractivity contribution in [1.82, 2.24) is 0 Å². The number of hydrogen-bond acceptors (Lipinski definition) is 1. The molecule has 0 amide bonds. The molecule has 0 aliphatic carbocycles. The molecular formula is C12H14O. The van der Waals surface area contributed by atoms with Crippen LogP contribution in [0.4, 0.5) is 0 Å². The Morgan fingerprint density at radius 2 is 2.08 bits per heavy atom. The largest absolute Gasteiger partial charge is 0.368 e. The zero-order chi connectivity index (χ0) is 9.42. The maximum absolute atomic E-state index is 5.20. The van der Waals surface area contributed by atoms with E-state index in [1.54, 1.807) is 0 Å². The quantitative estimate of drug-likeness (QED) is 0.628. The molecule has 0 bridgehead atoms. The summed E-state index contributed by atoms with van der Waals surface area (Å²) in [6, 6.07) is 6.43. The van der Waals surface area contributed by atoms with Crippen LogP contribution in [0.5, 0.6) is 0 Å². The molecular weight excluding hydrogens is 160 g/mol. The molecule has 13 heavy (non-hydrogen) atoms. The molecule has 0 spiro atoms. The molecule has 1 heterocycles. The topological polar surface area (TPSA) is 12.5 Å². The molecule has 1 aliphatic heterocycles. The van der Waals surface area contributed by atoms with Gasteiger partial charge in [-0.15, -0.1) is 0 Å². The number of rotatable bonds is 2. The molecule has 1 heteroatoms. The molecule has 1 saturated heterocycles. The zero-order valence-electron chi connectivity index (χ0n) is 8.13. The second kappa shape index (κ2) is 3.00. The first-order valence-electron chi connectivity index (χ1n) is 4.56. The monoisotopic (exact) mass is 174 g/mol. The molecule has 68 valence electrons. The van der Waals surface area contributed by atoms with Crippen LogP contribution in [-0.2, 0) is 4.74 Å². The summed E-state index contributed by atoms with van der Waals surface area (Å²) in [5.41, 5.74) is 4.97. The average Bonchev–Trinajstić information content (AvgIpc) is 2.91. The fourth-order valence-corrected chi connectivity index (χ4v) is 1.38. The Labute approximate surface area is 79.0 Å². The van der Waals surface area contributed by atoms with Gasteiger partial charge in [0, 0.05) is 0 Å². The van der Waals surface area contributed by atoms with Crippen molar-refractivity contribution >= 4 is 5.57 Å².